The smallest absolute Gasteiger partial charge is 0.259 e. The summed E-state index contributed by atoms with van der Waals surface area (Å²) in [5.41, 5.74) is 4.28. The summed E-state index contributed by atoms with van der Waals surface area (Å²) in [6.07, 6.45) is 6.20. The Bertz CT molecular complexity index is 1420. The molecule has 1 amide bonds. The average Bonchev–Trinajstić information content (AvgIpc) is 3.55. The number of benzene rings is 2. The minimum Gasteiger partial charge on any atom is -0.368 e. The van der Waals surface area contributed by atoms with Crippen LogP contribution >= 0.6 is 0 Å². The van der Waals surface area contributed by atoms with E-state index >= 15 is 0 Å². The molecule has 2 aromatic heterocycles. The van der Waals surface area contributed by atoms with Gasteiger partial charge in [-0.1, -0.05) is 31.0 Å². The van der Waals surface area contributed by atoms with Crippen LogP contribution in [0.1, 0.15) is 47.6 Å². The van der Waals surface area contributed by atoms with Gasteiger partial charge in [0.15, 0.2) is 0 Å². The Labute approximate surface area is 198 Å². The van der Waals surface area contributed by atoms with Crippen LogP contribution in [-0.2, 0) is 0 Å². The number of hydrogen-bond acceptors (Lipinski definition) is 4. The number of pyridine rings is 1. The van der Waals surface area contributed by atoms with Crippen molar-refractivity contribution in [2.24, 2.45) is 0 Å². The maximum absolute atomic E-state index is 13.6. The molecular formula is C27H29N5O2. The van der Waals surface area contributed by atoms with E-state index in [2.05, 4.69) is 27.1 Å². The van der Waals surface area contributed by atoms with Gasteiger partial charge in [-0.3, -0.25) is 14.3 Å². The van der Waals surface area contributed by atoms with Crippen LogP contribution < -0.4 is 10.5 Å². The second-order valence-corrected chi connectivity index (χ2v) is 9.57. The van der Waals surface area contributed by atoms with Gasteiger partial charge in [-0.25, -0.2) is 0 Å². The molecule has 4 aromatic rings. The summed E-state index contributed by atoms with van der Waals surface area (Å²) in [4.78, 5) is 33.6. The van der Waals surface area contributed by atoms with Gasteiger partial charge in [0.2, 0.25) is 0 Å². The highest BCUT2D eigenvalue weighted by Crippen LogP contribution is 2.34. The van der Waals surface area contributed by atoms with Crippen LogP contribution in [0.2, 0.25) is 0 Å². The van der Waals surface area contributed by atoms with Crippen molar-refractivity contribution in [3.05, 3.63) is 70.1 Å². The van der Waals surface area contributed by atoms with Gasteiger partial charge < -0.3 is 14.8 Å². The normalized spacial score (nSPS) is 17.2. The fraction of sp³-hybridized carbons (Fsp3) is 0.370. The van der Waals surface area contributed by atoms with Crippen molar-refractivity contribution in [3.8, 4) is 0 Å². The number of H-pyrrole nitrogens is 1. The Morgan fingerprint density at radius 1 is 1.00 bits per heavy atom. The van der Waals surface area contributed by atoms with Gasteiger partial charge in [0.05, 0.1) is 28.7 Å². The third-order valence-corrected chi connectivity index (χ3v) is 7.50. The molecule has 7 heteroatoms. The number of nitrogens with zero attached hydrogens (tertiary/aromatic N) is 4. The minimum absolute atomic E-state index is 0.0541. The van der Waals surface area contributed by atoms with Gasteiger partial charge in [0.1, 0.15) is 0 Å². The highest BCUT2D eigenvalue weighted by Gasteiger charge is 2.26. The molecular weight excluding hydrogens is 426 g/mol. The summed E-state index contributed by atoms with van der Waals surface area (Å²) in [6.45, 7) is 4.95. The third-order valence-electron chi connectivity index (χ3n) is 7.50. The lowest BCUT2D eigenvalue weighted by molar-refractivity contribution is 0.0746. The number of aromatic amines is 1. The summed E-state index contributed by atoms with van der Waals surface area (Å²) in [6, 6.07) is 14.6. The largest absolute Gasteiger partial charge is 0.368 e. The summed E-state index contributed by atoms with van der Waals surface area (Å²) >= 11 is 0. The molecule has 1 aliphatic carbocycles. The first-order chi connectivity index (χ1) is 16.6. The number of aryl methyl sites for hydroxylation is 1. The van der Waals surface area contributed by atoms with Gasteiger partial charge in [-0.2, -0.15) is 5.10 Å². The number of para-hydroxylation sites is 1. The first kappa shape index (κ1) is 21.0. The van der Waals surface area contributed by atoms with E-state index in [-0.39, 0.29) is 11.5 Å². The Kier molecular flexibility index (Phi) is 5.12. The number of fused-ring (bicyclic) bond motifs is 3. The van der Waals surface area contributed by atoms with E-state index in [4.69, 9.17) is 0 Å². The van der Waals surface area contributed by atoms with Crippen molar-refractivity contribution >= 4 is 33.4 Å². The standard InChI is InChI=1S/C27H29N5O2/c1-18-15-24-22(25-23(26(33)29-24)17-28-32(25)20-9-5-6-10-20)16-21(18)27(34)31-13-11-30(12-14-31)19-7-3-2-4-8-19/h2-4,7-8,15-17,20H,5-6,9-14H2,1H3,(H,29,33). The predicted molar refractivity (Wildman–Crippen MR) is 135 cm³/mol. The van der Waals surface area contributed by atoms with Crippen LogP contribution in [0.25, 0.3) is 21.8 Å². The van der Waals surface area contributed by atoms with Crippen molar-refractivity contribution in [1.82, 2.24) is 19.7 Å². The topological polar surface area (TPSA) is 74.2 Å². The van der Waals surface area contributed by atoms with E-state index in [1.54, 1.807) is 6.20 Å². The van der Waals surface area contributed by atoms with Gasteiger partial charge in [-0.05, 0) is 49.6 Å². The molecule has 2 aliphatic rings. The van der Waals surface area contributed by atoms with Crippen LogP contribution in [0.3, 0.4) is 0 Å². The zero-order chi connectivity index (χ0) is 23.2. The molecule has 1 aliphatic heterocycles. The molecule has 3 heterocycles. The van der Waals surface area contributed by atoms with E-state index in [0.29, 0.717) is 30.1 Å². The molecule has 174 valence electrons. The molecule has 34 heavy (non-hydrogen) atoms. The van der Waals surface area contributed by atoms with Gasteiger partial charge >= 0.3 is 0 Å². The lowest BCUT2D eigenvalue weighted by Crippen LogP contribution is -2.48. The van der Waals surface area contributed by atoms with E-state index < -0.39 is 0 Å². The van der Waals surface area contributed by atoms with Crippen molar-refractivity contribution in [2.45, 2.75) is 38.6 Å². The lowest BCUT2D eigenvalue weighted by atomic mass is 10.0. The van der Waals surface area contributed by atoms with E-state index in [1.165, 1.54) is 18.5 Å². The third kappa shape index (κ3) is 3.47. The van der Waals surface area contributed by atoms with Crippen molar-refractivity contribution in [3.63, 3.8) is 0 Å². The van der Waals surface area contributed by atoms with Crippen molar-refractivity contribution in [2.75, 3.05) is 31.1 Å². The van der Waals surface area contributed by atoms with Crippen molar-refractivity contribution in [1.29, 1.82) is 0 Å². The number of rotatable bonds is 3. The molecule has 0 atom stereocenters. The zero-order valence-corrected chi connectivity index (χ0v) is 19.5. The molecule has 6 rings (SSSR count). The second kappa shape index (κ2) is 8.31. The van der Waals surface area contributed by atoms with Crippen molar-refractivity contribution < 1.29 is 4.79 Å². The first-order valence-corrected chi connectivity index (χ1v) is 12.2. The van der Waals surface area contributed by atoms with Crippen LogP contribution in [0.15, 0.2) is 53.5 Å². The number of carbonyl (C=O) groups excluding carboxylic acids is 1. The summed E-state index contributed by atoms with van der Waals surface area (Å²) in [7, 11) is 0. The number of anilines is 1. The van der Waals surface area contributed by atoms with E-state index in [1.807, 2.05) is 46.8 Å². The molecule has 0 radical (unpaired) electrons. The van der Waals surface area contributed by atoms with E-state index in [0.717, 1.165) is 47.9 Å². The SMILES string of the molecule is Cc1cc2[nH]c(=O)c3cnn(C4CCCC4)c3c2cc1C(=O)N1CCN(c2ccccc2)CC1. The number of hydrogen-bond donors (Lipinski definition) is 1. The van der Waals surface area contributed by atoms with Gasteiger partial charge in [0.25, 0.3) is 11.5 Å². The molecule has 1 N–H and O–H groups in total. The Morgan fingerprint density at radius 2 is 1.74 bits per heavy atom. The van der Waals surface area contributed by atoms with Crippen LogP contribution in [0.5, 0.6) is 0 Å². The minimum atomic E-state index is -0.123. The van der Waals surface area contributed by atoms with Gasteiger partial charge in [0, 0.05) is 42.8 Å². The molecule has 2 fully saturated rings. The highest BCUT2D eigenvalue weighted by atomic mass is 16.2. The quantitative estimate of drug-likeness (QED) is 0.501. The van der Waals surface area contributed by atoms with Gasteiger partial charge in [-0.15, -0.1) is 0 Å². The first-order valence-electron chi connectivity index (χ1n) is 12.2. The van der Waals surface area contributed by atoms with E-state index in [9.17, 15) is 9.59 Å². The number of nitrogens with one attached hydrogen (secondary N) is 1. The summed E-state index contributed by atoms with van der Waals surface area (Å²) in [5.74, 6) is 0.0541. The molecule has 1 saturated heterocycles. The number of amides is 1. The molecule has 7 nitrogen and oxygen atoms in total. The lowest BCUT2D eigenvalue weighted by Gasteiger charge is -2.36. The fourth-order valence-corrected chi connectivity index (χ4v) is 5.63. The highest BCUT2D eigenvalue weighted by molar-refractivity contribution is 6.07. The second-order valence-electron chi connectivity index (χ2n) is 9.57. The molecule has 0 unspecified atom stereocenters. The molecule has 1 saturated carbocycles. The average molecular weight is 456 g/mol. The maximum Gasteiger partial charge on any atom is 0.259 e. The Morgan fingerprint density at radius 3 is 2.47 bits per heavy atom. The van der Waals surface area contributed by atoms with Crippen LogP contribution in [0, 0.1) is 6.92 Å². The molecule has 0 spiro atoms. The predicted octanol–water partition coefficient (Wildman–Crippen LogP) is 4.26. The monoisotopic (exact) mass is 455 g/mol. The number of piperazine rings is 1. The number of carbonyl (C=O) groups is 1. The van der Waals surface area contributed by atoms with Crippen LogP contribution in [-0.4, -0.2) is 51.8 Å². The Hall–Kier alpha value is -3.61. The zero-order valence-electron chi connectivity index (χ0n) is 19.5. The molecule has 0 bridgehead atoms. The summed E-state index contributed by atoms with van der Waals surface area (Å²) in [5, 5.41) is 6.10. The number of aromatic nitrogens is 3. The van der Waals surface area contributed by atoms with Crippen LogP contribution in [0.4, 0.5) is 5.69 Å². The molecule has 2 aromatic carbocycles. The summed E-state index contributed by atoms with van der Waals surface area (Å²) < 4.78 is 2.03. The Balaban J connectivity index is 1.36. The maximum atomic E-state index is 13.6. The fourth-order valence-electron chi connectivity index (χ4n) is 5.63.